The molecule has 52 valence electrons. The highest BCUT2D eigenvalue weighted by Gasteiger charge is 1.86. The molecular weight excluding hydrogens is 112 g/mol. The molecule has 1 heteroatoms. The molecule has 0 aliphatic heterocycles. The van der Waals surface area contributed by atoms with Crippen molar-refractivity contribution in [2.45, 2.75) is 27.7 Å². The molecule has 0 aliphatic carbocycles. The Hall–Kier alpha value is -0.720. The highest BCUT2D eigenvalue weighted by molar-refractivity contribution is 4.94. The minimum atomic E-state index is 0.950. The highest BCUT2D eigenvalue weighted by atomic mass is 16.5. The van der Waals surface area contributed by atoms with Gasteiger partial charge >= 0.3 is 0 Å². The van der Waals surface area contributed by atoms with Gasteiger partial charge in [0.25, 0.3) is 0 Å². The lowest BCUT2D eigenvalue weighted by atomic mass is 10.5. The van der Waals surface area contributed by atoms with E-state index in [1.54, 1.807) is 0 Å². The maximum Gasteiger partial charge on any atom is 0.0962 e. The molecule has 0 N–H and O–H groups in total. The zero-order valence-corrected chi connectivity index (χ0v) is 6.56. The van der Waals surface area contributed by atoms with Crippen LogP contribution in [0, 0.1) is 0 Å². The van der Waals surface area contributed by atoms with E-state index in [1.807, 2.05) is 39.8 Å². The molecule has 0 aromatic heterocycles. The van der Waals surface area contributed by atoms with Crippen molar-refractivity contribution < 1.29 is 4.74 Å². The van der Waals surface area contributed by atoms with Crippen molar-refractivity contribution >= 4 is 0 Å². The summed E-state index contributed by atoms with van der Waals surface area (Å²) in [7, 11) is 0. The highest BCUT2D eigenvalue weighted by Crippen LogP contribution is 2.03. The predicted molar refractivity (Wildman–Crippen MR) is 39.9 cm³/mol. The number of allylic oxidation sites excluding steroid dienone is 4. The Balaban J connectivity index is 3.75. The second kappa shape index (κ2) is 4.19. The largest absolute Gasteiger partial charge is 0.467 e. The average Bonchev–Trinajstić information content (AvgIpc) is 1.87. The number of hydrogen-bond donors (Lipinski definition) is 0. The van der Waals surface area contributed by atoms with Crippen molar-refractivity contribution in [2.75, 3.05) is 0 Å². The topological polar surface area (TPSA) is 9.23 Å². The Labute approximate surface area is 57.0 Å². The Bertz CT molecular complexity index is 116. The fourth-order valence-electron chi connectivity index (χ4n) is 0.372. The van der Waals surface area contributed by atoms with Crippen LogP contribution in [-0.2, 0) is 4.74 Å². The second-order valence-electron chi connectivity index (χ2n) is 1.90. The number of rotatable bonds is 2. The number of hydrogen-bond acceptors (Lipinski definition) is 1. The van der Waals surface area contributed by atoms with Crippen molar-refractivity contribution in [3.8, 4) is 0 Å². The summed E-state index contributed by atoms with van der Waals surface area (Å²) in [6.07, 6.45) is 3.88. The molecule has 0 aromatic rings. The van der Waals surface area contributed by atoms with Crippen LogP contribution in [0.4, 0.5) is 0 Å². The average molecular weight is 126 g/mol. The summed E-state index contributed by atoms with van der Waals surface area (Å²) in [4.78, 5) is 0. The van der Waals surface area contributed by atoms with Gasteiger partial charge in [0, 0.05) is 0 Å². The summed E-state index contributed by atoms with van der Waals surface area (Å²) >= 11 is 0. The summed E-state index contributed by atoms with van der Waals surface area (Å²) in [5.74, 6) is 1.90. The van der Waals surface area contributed by atoms with E-state index in [-0.39, 0.29) is 0 Å². The first kappa shape index (κ1) is 8.28. The maximum atomic E-state index is 5.27. The molecule has 0 rings (SSSR count). The fourth-order valence-corrected chi connectivity index (χ4v) is 0.372. The van der Waals surface area contributed by atoms with Crippen LogP contribution in [0.25, 0.3) is 0 Å². The third kappa shape index (κ3) is 3.83. The van der Waals surface area contributed by atoms with Crippen LogP contribution in [-0.4, -0.2) is 0 Å². The molecule has 0 bridgehead atoms. The van der Waals surface area contributed by atoms with E-state index in [0.29, 0.717) is 0 Å². The van der Waals surface area contributed by atoms with Crippen LogP contribution in [0.3, 0.4) is 0 Å². The van der Waals surface area contributed by atoms with Gasteiger partial charge < -0.3 is 4.74 Å². The molecule has 0 fully saturated rings. The van der Waals surface area contributed by atoms with Gasteiger partial charge in [0.2, 0.25) is 0 Å². The van der Waals surface area contributed by atoms with Crippen molar-refractivity contribution in [2.24, 2.45) is 0 Å². The molecule has 0 atom stereocenters. The van der Waals surface area contributed by atoms with E-state index < -0.39 is 0 Å². The molecule has 0 saturated heterocycles. The van der Waals surface area contributed by atoms with Crippen LogP contribution >= 0.6 is 0 Å². The minimum Gasteiger partial charge on any atom is -0.467 e. The Kier molecular flexibility index (Phi) is 3.85. The van der Waals surface area contributed by atoms with Gasteiger partial charge in [-0.3, -0.25) is 0 Å². The summed E-state index contributed by atoms with van der Waals surface area (Å²) in [5, 5.41) is 0. The monoisotopic (exact) mass is 126 g/mol. The molecule has 0 heterocycles. The Morgan fingerprint density at radius 3 is 1.56 bits per heavy atom. The van der Waals surface area contributed by atoms with Crippen molar-refractivity contribution in [1.29, 1.82) is 0 Å². The lowest BCUT2D eigenvalue weighted by molar-refractivity contribution is 0.307. The normalized spacial score (nSPS) is 13.8. The van der Waals surface area contributed by atoms with E-state index in [9.17, 15) is 0 Å². The Morgan fingerprint density at radius 2 is 1.33 bits per heavy atom. The molecule has 0 unspecified atom stereocenters. The zero-order valence-electron chi connectivity index (χ0n) is 6.56. The predicted octanol–water partition coefficient (Wildman–Crippen LogP) is 2.85. The molecule has 0 aliphatic rings. The van der Waals surface area contributed by atoms with Crippen LogP contribution in [0.1, 0.15) is 27.7 Å². The lowest BCUT2D eigenvalue weighted by Crippen LogP contribution is -1.83. The van der Waals surface area contributed by atoms with Gasteiger partial charge in [0.1, 0.15) is 0 Å². The van der Waals surface area contributed by atoms with Gasteiger partial charge in [-0.05, 0) is 39.8 Å². The van der Waals surface area contributed by atoms with Gasteiger partial charge in [-0.1, -0.05) is 0 Å². The summed E-state index contributed by atoms with van der Waals surface area (Å²) in [5.41, 5.74) is 0. The molecule has 0 spiro atoms. The van der Waals surface area contributed by atoms with Gasteiger partial charge in [-0.25, -0.2) is 0 Å². The van der Waals surface area contributed by atoms with Crippen LogP contribution < -0.4 is 0 Å². The van der Waals surface area contributed by atoms with Crippen molar-refractivity contribution in [1.82, 2.24) is 0 Å². The van der Waals surface area contributed by atoms with Crippen LogP contribution in [0.2, 0.25) is 0 Å². The SMILES string of the molecule is C/C=C(\C)O/C(C)=C/C. The van der Waals surface area contributed by atoms with Crippen LogP contribution in [0.15, 0.2) is 23.7 Å². The molecule has 0 aromatic carbocycles. The molecule has 1 nitrogen and oxygen atoms in total. The van der Waals surface area contributed by atoms with E-state index in [0.717, 1.165) is 11.5 Å². The van der Waals surface area contributed by atoms with Crippen LogP contribution in [0.5, 0.6) is 0 Å². The third-order valence-electron chi connectivity index (χ3n) is 1.14. The van der Waals surface area contributed by atoms with E-state index in [2.05, 4.69) is 0 Å². The third-order valence-corrected chi connectivity index (χ3v) is 1.14. The van der Waals surface area contributed by atoms with Gasteiger partial charge in [-0.2, -0.15) is 0 Å². The Morgan fingerprint density at radius 1 is 1.00 bits per heavy atom. The van der Waals surface area contributed by atoms with E-state index in [4.69, 9.17) is 4.74 Å². The first-order chi connectivity index (χ1) is 4.20. The van der Waals surface area contributed by atoms with Gasteiger partial charge in [-0.15, -0.1) is 0 Å². The smallest absolute Gasteiger partial charge is 0.0962 e. The molecular formula is C8H14O. The molecule has 0 radical (unpaired) electrons. The second-order valence-corrected chi connectivity index (χ2v) is 1.90. The molecule has 0 amide bonds. The van der Waals surface area contributed by atoms with Crippen molar-refractivity contribution in [3.05, 3.63) is 23.7 Å². The molecule has 0 saturated carbocycles. The first-order valence-electron chi connectivity index (χ1n) is 3.14. The van der Waals surface area contributed by atoms with E-state index in [1.165, 1.54) is 0 Å². The van der Waals surface area contributed by atoms with Gasteiger partial charge in [0.05, 0.1) is 11.5 Å². The van der Waals surface area contributed by atoms with Gasteiger partial charge in [0.15, 0.2) is 0 Å². The first-order valence-corrected chi connectivity index (χ1v) is 3.14. The van der Waals surface area contributed by atoms with Crippen molar-refractivity contribution in [3.63, 3.8) is 0 Å². The van der Waals surface area contributed by atoms with E-state index >= 15 is 0 Å². The fraction of sp³-hybridized carbons (Fsp3) is 0.500. The summed E-state index contributed by atoms with van der Waals surface area (Å²) in [6.45, 7) is 7.79. The summed E-state index contributed by atoms with van der Waals surface area (Å²) < 4.78 is 5.27. The summed E-state index contributed by atoms with van der Waals surface area (Å²) in [6, 6.07) is 0. The standard InChI is InChI=1S/C8H14O/c1-5-7(3)9-8(4)6-2/h5-6H,1-4H3/b7-5+,8-6+. The maximum absolute atomic E-state index is 5.27. The lowest BCUT2D eigenvalue weighted by Gasteiger charge is -2.02. The zero-order chi connectivity index (χ0) is 7.28. The number of ether oxygens (including phenoxy) is 1. The minimum absolute atomic E-state index is 0.950. The quantitative estimate of drug-likeness (QED) is 0.517. The molecule has 9 heavy (non-hydrogen) atoms.